The molecule has 2 aliphatic rings. The van der Waals surface area contributed by atoms with E-state index in [4.69, 9.17) is 4.74 Å². The molecule has 3 heterocycles. The maximum atomic E-state index is 12.8. The first kappa shape index (κ1) is 16.1. The van der Waals surface area contributed by atoms with E-state index in [0.717, 1.165) is 23.7 Å². The highest BCUT2D eigenvalue weighted by atomic mass is 16.5. The van der Waals surface area contributed by atoms with E-state index in [0.29, 0.717) is 31.7 Å². The molecule has 0 spiro atoms. The fourth-order valence-electron chi connectivity index (χ4n) is 4.14. The molecular formula is C19H22N2O4. The Morgan fingerprint density at radius 3 is 2.72 bits per heavy atom. The normalized spacial score (nSPS) is 24.7. The Morgan fingerprint density at radius 2 is 1.96 bits per heavy atom. The van der Waals surface area contributed by atoms with Crippen LogP contribution in [-0.2, 0) is 9.53 Å². The van der Waals surface area contributed by atoms with Crippen molar-refractivity contribution in [2.45, 2.75) is 25.4 Å². The van der Waals surface area contributed by atoms with Crippen LogP contribution >= 0.6 is 0 Å². The van der Waals surface area contributed by atoms with Crippen LogP contribution in [0.4, 0.5) is 0 Å². The lowest BCUT2D eigenvalue weighted by Crippen LogP contribution is -2.43. The summed E-state index contributed by atoms with van der Waals surface area (Å²) in [5.41, 5.74) is 1.72. The molecule has 0 aliphatic carbocycles. The number of piperidine rings is 1. The predicted octanol–water partition coefficient (Wildman–Crippen LogP) is 2.51. The molecule has 1 unspecified atom stereocenters. The molecule has 1 aromatic heterocycles. The third kappa shape index (κ3) is 3.02. The first-order valence-electron chi connectivity index (χ1n) is 8.84. The number of ether oxygens (including phenoxy) is 1. The van der Waals surface area contributed by atoms with E-state index >= 15 is 0 Å². The van der Waals surface area contributed by atoms with Crippen LogP contribution in [0.2, 0.25) is 0 Å². The maximum absolute atomic E-state index is 12.8. The number of hydrogen-bond donors (Lipinski definition) is 2. The summed E-state index contributed by atoms with van der Waals surface area (Å²) < 4.78 is 5.70. The minimum atomic E-state index is -0.763. The number of aliphatic carboxylic acids is 1. The van der Waals surface area contributed by atoms with Crippen LogP contribution in [0.3, 0.4) is 0 Å². The van der Waals surface area contributed by atoms with Crippen molar-refractivity contribution < 1.29 is 19.4 Å². The van der Waals surface area contributed by atoms with Crippen LogP contribution in [0.15, 0.2) is 30.5 Å². The average Bonchev–Trinajstić information content (AvgIpc) is 3.29. The number of aromatic nitrogens is 1. The zero-order valence-electron chi connectivity index (χ0n) is 14.0. The number of rotatable bonds is 3. The molecular weight excluding hydrogens is 320 g/mol. The summed E-state index contributed by atoms with van der Waals surface area (Å²) in [6.45, 7) is 1.83. The smallest absolute Gasteiger partial charge is 0.309 e. The fraction of sp³-hybridized carbons (Fsp3) is 0.474. The number of hydrogen-bond acceptors (Lipinski definition) is 3. The van der Waals surface area contributed by atoms with Gasteiger partial charge in [0, 0.05) is 42.4 Å². The molecule has 2 aliphatic heterocycles. The highest BCUT2D eigenvalue weighted by molar-refractivity contribution is 5.98. The van der Waals surface area contributed by atoms with Gasteiger partial charge in [0.15, 0.2) is 0 Å². The first-order valence-corrected chi connectivity index (χ1v) is 8.84. The molecule has 6 nitrogen and oxygen atoms in total. The van der Waals surface area contributed by atoms with Gasteiger partial charge in [-0.3, -0.25) is 9.59 Å². The van der Waals surface area contributed by atoms with Gasteiger partial charge in [0.1, 0.15) is 0 Å². The van der Waals surface area contributed by atoms with Crippen molar-refractivity contribution in [3.05, 3.63) is 36.0 Å². The van der Waals surface area contributed by atoms with Gasteiger partial charge < -0.3 is 19.7 Å². The second kappa shape index (κ2) is 6.52. The quantitative estimate of drug-likeness (QED) is 0.898. The number of carboxylic acids is 1. The van der Waals surface area contributed by atoms with Crippen LogP contribution < -0.4 is 0 Å². The van der Waals surface area contributed by atoms with E-state index in [2.05, 4.69) is 4.98 Å². The molecule has 2 N–H and O–H groups in total. The summed E-state index contributed by atoms with van der Waals surface area (Å²) >= 11 is 0. The molecule has 0 saturated carbocycles. The van der Waals surface area contributed by atoms with Gasteiger partial charge in [-0.1, -0.05) is 0 Å². The number of nitrogens with zero attached hydrogens (tertiary/aromatic N) is 1. The largest absolute Gasteiger partial charge is 0.481 e. The minimum Gasteiger partial charge on any atom is -0.481 e. The number of nitrogens with one attached hydrogen (secondary N) is 1. The monoisotopic (exact) mass is 342 g/mol. The van der Waals surface area contributed by atoms with Gasteiger partial charge in [-0.25, -0.2) is 0 Å². The van der Waals surface area contributed by atoms with E-state index in [1.165, 1.54) is 0 Å². The van der Waals surface area contributed by atoms with E-state index in [-0.39, 0.29) is 17.9 Å². The Labute approximate surface area is 145 Å². The number of carbonyl (C=O) groups is 2. The highest BCUT2D eigenvalue weighted by Crippen LogP contribution is 2.33. The molecule has 4 rings (SSSR count). The molecule has 1 amide bonds. The van der Waals surface area contributed by atoms with Crippen LogP contribution in [0.1, 0.15) is 29.6 Å². The number of amides is 1. The number of aromatic amines is 1. The molecule has 2 aromatic rings. The van der Waals surface area contributed by atoms with Crippen molar-refractivity contribution in [2.75, 3.05) is 19.7 Å². The van der Waals surface area contributed by atoms with E-state index in [1.807, 2.05) is 35.4 Å². The molecule has 132 valence electrons. The number of likely N-dealkylation sites (tertiary alicyclic amines) is 1. The Morgan fingerprint density at radius 1 is 1.16 bits per heavy atom. The number of carbonyl (C=O) groups excluding carboxylic acids is 1. The Kier molecular flexibility index (Phi) is 4.21. The van der Waals surface area contributed by atoms with Gasteiger partial charge in [0.2, 0.25) is 0 Å². The summed E-state index contributed by atoms with van der Waals surface area (Å²) in [6, 6.07) is 7.66. The van der Waals surface area contributed by atoms with Gasteiger partial charge in [0.05, 0.1) is 12.0 Å². The fourth-order valence-corrected chi connectivity index (χ4v) is 4.14. The highest BCUT2D eigenvalue weighted by Gasteiger charge is 2.40. The van der Waals surface area contributed by atoms with Crippen molar-refractivity contribution in [2.24, 2.45) is 11.8 Å². The Bertz CT molecular complexity index is 792. The van der Waals surface area contributed by atoms with Crippen molar-refractivity contribution in [1.82, 2.24) is 9.88 Å². The van der Waals surface area contributed by atoms with Crippen molar-refractivity contribution in [3.8, 4) is 0 Å². The Balaban J connectivity index is 1.41. The second-order valence-corrected chi connectivity index (χ2v) is 6.98. The lowest BCUT2D eigenvalue weighted by molar-refractivity contribution is -0.145. The van der Waals surface area contributed by atoms with Crippen LogP contribution in [0.25, 0.3) is 10.9 Å². The van der Waals surface area contributed by atoms with Gasteiger partial charge in [-0.05, 0) is 49.4 Å². The molecule has 2 fully saturated rings. The lowest BCUT2D eigenvalue weighted by atomic mass is 9.84. The van der Waals surface area contributed by atoms with Crippen molar-refractivity contribution in [1.29, 1.82) is 0 Å². The predicted molar refractivity (Wildman–Crippen MR) is 92.4 cm³/mol. The summed E-state index contributed by atoms with van der Waals surface area (Å²) in [5.74, 6) is -0.896. The molecule has 2 atom stereocenters. The molecule has 0 bridgehead atoms. The SMILES string of the molecule is O=C(O)C1CCO[C@H]1C1CCN(C(=O)c2ccc3[nH]ccc3c2)CC1. The summed E-state index contributed by atoms with van der Waals surface area (Å²) in [7, 11) is 0. The van der Waals surface area contributed by atoms with Crippen LogP contribution in [-0.4, -0.2) is 52.7 Å². The van der Waals surface area contributed by atoms with E-state index in [1.54, 1.807) is 0 Å². The lowest BCUT2D eigenvalue weighted by Gasteiger charge is -2.35. The number of benzene rings is 1. The third-order valence-corrected chi connectivity index (χ3v) is 5.54. The number of carboxylic acid groups (broad SMARTS) is 1. The minimum absolute atomic E-state index is 0.0451. The number of fused-ring (bicyclic) bond motifs is 1. The zero-order valence-corrected chi connectivity index (χ0v) is 14.0. The van der Waals surface area contributed by atoms with E-state index < -0.39 is 11.9 Å². The van der Waals surface area contributed by atoms with Crippen LogP contribution in [0, 0.1) is 11.8 Å². The molecule has 2 saturated heterocycles. The summed E-state index contributed by atoms with van der Waals surface area (Å²) in [6.07, 6.45) is 3.85. The summed E-state index contributed by atoms with van der Waals surface area (Å²) in [5, 5.41) is 10.4. The van der Waals surface area contributed by atoms with Gasteiger partial charge in [-0.2, -0.15) is 0 Å². The van der Waals surface area contributed by atoms with Gasteiger partial charge in [-0.15, -0.1) is 0 Å². The molecule has 25 heavy (non-hydrogen) atoms. The summed E-state index contributed by atoms with van der Waals surface area (Å²) in [4.78, 5) is 29.1. The standard InChI is InChI=1S/C19H22N2O4/c22-18(14-1-2-16-13(11-14)3-7-20-16)21-8-4-12(5-9-21)17-15(19(23)24)6-10-25-17/h1-3,7,11-12,15,17,20H,4-6,8-10H2,(H,23,24)/t15?,17-/m0/s1. The van der Waals surface area contributed by atoms with Crippen molar-refractivity contribution in [3.63, 3.8) is 0 Å². The Hall–Kier alpha value is -2.34. The molecule has 1 aromatic carbocycles. The van der Waals surface area contributed by atoms with Gasteiger partial charge >= 0.3 is 5.97 Å². The molecule has 0 radical (unpaired) electrons. The molecule has 6 heteroatoms. The topological polar surface area (TPSA) is 82.6 Å². The first-order chi connectivity index (χ1) is 12.1. The third-order valence-electron chi connectivity index (χ3n) is 5.54. The average molecular weight is 342 g/mol. The van der Waals surface area contributed by atoms with Gasteiger partial charge in [0.25, 0.3) is 5.91 Å². The van der Waals surface area contributed by atoms with E-state index in [9.17, 15) is 14.7 Å². The zero-order chi connectivity index (χ0) is 17.4. The second-order valence-electron chi connectivity index (χ2n) is 6.98. The number of H-pyrrole nitrogens is 1. The van der Waals surface area contributed by atoms with Crippen LogP contribution in [0.5, 0.6) is 0 Å². The maximum Gasteiger partial charge on any atom is 0.309 e. The van der Waals surface area contributed by atoms with Crippen molar-refractivity contribution >= 4 is 22.8 Å².